The largest absolute Gasteiger partial charge is 0.480 e. The Balaban J connectivity index is 2.93. The van der Waals surface area contributed by atoms with Gasteiger partial charge in [-0.1, -0.05) is 12.1 Å². The van der Waals surface area contributed by atoms with Crippen LogP contribution in [0.25, 0.3) is 0 Å². The number of carboxylic acid groups (broad SMARTS) is 1. The molecule has 0 aliphatic rings. The molecule has 18 heavy (non-hydrogen) atoms. The highest BCUT2D eigenvalue weighted by Gasteiger charge is 2.18. The smallest absolute Gasteiger partial charge is 0.317 e. The maximum atomic E-state index is 13.1. The number of benzene rings is 1. The Bertz CT molecular complexity index is 449. The summed E-state index contributed by atoms with van der Waals surface area (Å²) in [6, 6.07) is 3.22. The fourth-order valence-electron chi connectivity index (χ4n) is 1.68. The number of aliphatic carboxylic acids is 1. The zero-order chi connectivity index (χ0) is 13.7. The molecular weight excluding hydrogens is 240 g/mol. The van der Waals surface area contributed by atoms with Crippen LogP contribution < -0.4 is 0 Å². The number of carbonyl (C=O) groups is 1. The maximum absolute atomic E-state index is 13.1. The van der Waals surface area contributed by atoms with Crippen molar-refractivity contribution >= 4 is 5.97 Å². The number of hydrogen-bond donors (Lipinski definition) is 1. The summed E-state index contributed by atoms with van der Waals surface area (Å²) in [6.07, 6.45) is 1.57. The Hall–Kier alpha value is -1.75. The predicted molar refractivity (Wildman–Crippen MR) is 64.2 cm³/mol. The van der Waals surface area contributed by atoms with E-state index in [-0.39, 0.29) is 12.6 Å². The normalized spacial score (nSPS) is 12.4. The molecule has 0 saturated heterocycles. The second-order valence-corrected chi connectivity index (χ2v) is 3.96. The van der Waals surface area contributed by atoms with Crippen molar-refractivity contribution in [3.8, 4) is 0 Å². The van der Waals surface area contributed by atoms with Gasteiger partial charge in [-0.2, -0.15) is 0 Å². The number of halogens is 2. The molecule has 1 rings (SSSR count). The zero-order valence-corrected chi connectivity index (χ0v) is 10.1. The quantitative estimate of drug-likeness (QED) is 0.794. The summed E-state index contributed by atoms with van der Waals surface area (Å²) in [5, 5.41) is 8.79. The Labute approximate surface area is 104 Å². The molecule has 0 heterocycles. The molecule has 98 valence electrons. The van der Waals surface area contributed by atoms with Gasteiger partial charge in [0.2, 0.25) is 0 Å². The molecule has 0 aliphatic carbocycles. The molecule has 0 saturated carbocycles. The molecule has 3 nitrogen and oxygen atoms in total. The first-order valence-electron chi connectivity index (χ1n) is 5.47. The van der Waals surface area contributed by atoms with Crippen LogP contribution in [0.2, 0.25) is 0 Å². The van der Waals surface area contributed by atoms with Crippen LogP contribution in [0.1, 0.15) is 18.5 Å². The molecule has 1 aromatic carbocycles. The van der Waals surface area contributed by atoms with E-state index in [0.717, 1.165) is 12.1 Å². The van der Waals surface area contributed by atoms with E-state index >= 15 is 0 Å². The first-order valence-corrected chi connectivity index (χ1v) is 5.47. The van der Waals surface area contributed by atoms with Gasteiger partial charge in [0.1, 0.15) is 0 Å². The van der Waals surface area contributed by atoms with Gasteiger partial charge in [0.25, 0.3) is 0 Å². The van der Waals surface area contributed by atoms with Crippen molar-refractivity contribution in [2.45, 2.75) is 13.0 Å². The Morgan fingerprint density at radius 3 is 2.67 bits per heavy atom. The van der Waals surface area contributed by atoms with E-state index in [0.29, 0.717) is 12.1 Å². The molecule has 0 aromatic heterocycles. The van der Waals surface area contributed by atoms with Gasteiger partial charge in [-0.25, -0.2) is 8.78 Å². The van der Waals surface area contributed by atoms with Crippen LogP contribution in [0.4, 0.5) is 8.78 Å². The van der Waals surface area contributed by atoms with Crippen molar-refractivity contribution in [3.63, 3.8) is 0 Å². The molecule has 1 N–H and O–H groups in total. The lowest BCUT2D eigenvalue weighted by Gasteiger charge is -2.26. The average Bonchev–Trinajstić information content (AvgIpc) is 2.31. The Morgan fingerprint density at radius 1 is 1.50 bits per heavy atom. The van der Waals surface area contributed by atoms with Gasteiger partial charge < -0.3 is 5.11 Å². The van der Waals surface area contributed by atoms with Crippen LogP contribution in [0, 0.1) is 11.6 Å². The van der Waals surface area contributed by atoms with Gasteiger partial charge in [-0.05, 0) is 24.6 Å². The highest BCUT2D eigenvalue weighted by Crippen LogP contribution is 2.21. The highest BCUT2D eigenvalue weighted by atomic mass is 19.2. The van der Waals surface area contributed by atoms with E-state index < -0.39 is 17.6 Å². The van der Waals surface area contributed by atoms with Crippen molar-refractivity contribution in [2.24, 2.45) is 0 Å². The fraction of sp³-hybridized carbons (Fsp3) is 0.308. The molecule has 1 atom stereocenters. The van der Waals surface area contributed by atoms with E-state index in [1.165, 1.54) is 6.07 Å². The minimum Gasteiger partial charge on any atom is -0.480 e. The topological polar surface area (TPSA) is 40.5 Å². The number of nitrogens with zero attached hydrogens (tertiary/aromatic N) is 1. The summed E-state index contributed by atoms with van der Waals surface area (Å²) < 4.78 is 25.9. The van der Waals surface area contributed by atoms with Gasteiger partial charge >= 0.3 is 5.97 Å². The molecule has 0 amide bonds. The second kappa shape index (κ2) is 6.26. The van der Waals surface area contributed by atoms with Crippen LogP contribution in [0.5, 0.6) is 0 Å². The van der Waals surface area contributed by atoms with Crippen molar-refractivity contribution < 1.29 is 18.7 Å². The lowest BCUT2D eigenvalue weighted by atomic mass is 10.1. The van der Waals surface area contributed by atoms with Crippen LogP contribution in [-0.2, 0) is 4.79 Å². The van der Waals surface area contributed by atoms with Crippen LogP contribution in [0.3, 0.4) is 0 Å². The van der Waals surface area contributed by atoms with E-state index in [2.05, 4.69) is 6.58 Å². The predicted octanol–water partition coefficient (Wildman–Crippen LogP) is 2.60. The van der Waals surface area contributed by atoms with Gasteiger partial charge in [0, 0.05) is 12.6 Å². The first-order chi connectivity index (χ1) is 8.45. The van der Waals surface area contributed by atoms with E-state index in [9.17, 15) is 13.6 Å². The Morgan fingerprint density at radius 2 is 2.17 bits per heavy atom. The molecular formula is C13H15F2NO2. The minimum absolute atomic E-state index is 0.188. The summed E-state index contributed by atoms with van der Waals surface area (Å²) in [6.45, 7) is 5.45. The molecule has 1 aromatic rings. The third kappa shape index (κ3) is 3.63. The third-order valence-corrected chi connectivity index (χ3v) is 2.68. The molecule has 0 bridgehead atoms. The van der Waals surface area contributed by atoms with Crippen molar-refractivity contribution in [1.82, 2.24) is 4.90 Å². The summed E-state index contributed by atoms with van der Waals surface area (Å²) in [5.41, 5.74) is 0.525. The number of carboxylic acids is 1. The average molecular weight is 255 g/mol. The first kappa shape index (κ1) is 14.3. The van der Waals surface area contributed by atoms with E-state index in [4.69, 9.17) is 5.11 Å². The fourth-order valence-corrected chi connectivity index (χ4v) is 1.68. The SMILES string of the molecule is C=CCN(CC(=O)O)C(C)c1ccc(F)c(F)c1. The molecule has 1 unspecified atom stereocenters. The zero-order valence-electron chi connectivity index (χ0n) is 10.1. The summed E-state index contributed by atoms with van der Waals surface area (Å²) in [7, 11) is 0. The second-order valence-electron chi connectivity index (χ2n) is 3.96. The summed E-state index contributed by atoms with van der Waals surface area (Å²) >= 11 is 0. The Kier molecular flexibility index (Phi) is 4.97. The van der Waals surface area contributed by atoms with Gasteiger partial charge in [0.15, 0.2) is 11.6 Å². The molecule has 5 heteroatoms. The number of hydrogen-bond acceptors (Lipinski definition) is 2. The highest BCUT2D eigenvalue weighted by molar-refractivity contribution is 5.69. The monoisotopic (exact) mass is 255 g/mol. The lowest BCUT2D eigenvalue weighted by molar-refractivity contribution is -0.138. The third-order valence-electron chi connectivity index (χ3n) is 2.68. The molecule has 0 aliphatic heterocycles. The van der Waals surface area contributed by atoms with E-state index in [1.54, 1.807) is 17.9 Å². The molecule has 0 radical (unpaired) electrons. The summed E-state index contributed by atoms with van der Waals surface area (Å²) in [4.78, 5) is 12.3. The molecule has 0 spiro atoms. The van der Waals surface area contributed by atoms with Crippen LogP contribution >= 0.6 is 0 Å². The van der Waals surface area contributed by atoms with Crippen molar-refractivity contribution in [3.05, 3.63) is 48.1 Å². The van der Waals surface area contributed by atoms with Crippen molar-refractivity contribution in [2.75, 3.05) is 13.1 Å². The summed E-state index contributed by atoms with van der Waals surface area (Å²) in [5.74, 6) is -2.83. The van der Waals surface area contributed by atoms with Crippen molar-refractivity contribution in [1.29, 1.82) is 0 Å². The maximum Gasteiger partial charge on any atom is 0.317 e. The van der Waals surface area contributed by atoms with E-state index in [1.807, 2.05) is 0 Å². The van der Waals surface area contributed by atoms with Crippen LogP contribution in [0.15, 0.2) is 30.9 Å². The minimum atomic E-state index is -0.980. The van der Waals surface area contributed by atoms with Gasteiger partial charge in [-0.3, -0.25) is 9.69 Å². The van der Waals surface area contributed by atoms with Crippen LogP contribution in [-0.4, -0.2) is 29.1 Å². The molecule has 0 fully saturated rings. The number of rotatable bonds is 6. The van der Waals surface area contributed by atoms with Gasteiger partial charge in [0.05, 0.1) is 6.54 Å². The standard InChI is InChI=1S/C13H15F2NO2/c1-3-6-16(8-13(17)18)9(2)10-4-5-11(14)12(15)7-10/h3-5,7,9H,1,6,8H2,2H3,(H,17,18). The lowest BCUT2D eigenvalue weighted by Crippen LogP contribution is -2.32. The van der Waals surface area contributed by atoms with Gasteiger partial charge in [-0.15, -0.1) is 6.58 Å².